The zero-order valence-corrected chi connectivity index (χ0v) is 20.3. The molecular weight excluding hydrogens is 432 g/mol. The van der Waals surface area contributed by atoms with Crippen LogP contribution in [0.3, 0.4) is 0 Å². The number of anilines is 1. The number of ether oxygens (including phenoxy) is 1. The van der Waals surface area contributed by atoms with Crippen LogP contribution >= 0.6 is 12.2 Å². The van der Waals surface area contributed by atoms with Gasteiger partial charge in [0.25, 0.3) is 0 Å². The second-order valence-electron chi connectivity index (χ2n) is 11.4. The number of amides is 2. The highest BCUT2D eigenvalue weighted by atomic mass is 32.1. The largest absolute Gasteiger partial charge is 0.495 e. The smallest absolute Gasteiger partial charge is 0.315 e. The molecule has 1 aromatic carbocycles. The van der Waals surface area contributed by atoms with E-state index in [2.05, 4.69) is 20.9 Å². The summed E-state index contributed by atoms with van der Waals surface area (Å²) in [5.74, 6) is 3.32. The lowest BCUT2D eigenvalue weighted by atomic mass is 9.53. The number of hydrogen-bond acceptors (Lipinski definition) is 3. The van der Waals surface area contributed by atoms with Gasteiger partial charge < -0.3 is 25.6 Å². The van der Waals surface area contributed by atoms with E-state index in [0.29, 0.717) is 12.1 Å². The molecule has 33 heavy (non-hydrogen) atoms. The third kappa shape index (κ3) is 4.07. The van der Waals surface area contributed by atoms with E-state index in [-0.39, 0.29) is 17.6 Å². The minimum absolute atomic E-state index is 0.0597. The molecule has 6 fully saturated rings. The van der Waals surface area contributed by atoms with Gasteiger partial charge in [0, 0.05) is 23.7 Å². The Morgan fingerprint density at radius 2 is 1.61 bits per heavy atom. The van der Waals surface area contributed by atoms with Crippen molar-refractivity contribution in [2.45, 2.75) is 87.9 Å². The standard InChI is InChI=1S/C26H36N4O2S/c1-32-23-5-3-2-4-22(23)28-25(33)30-20-6-7-21(30)12-19(11-20)27-24(31)29-26-13-16-8-17(14-26)10-18(9-16)15-26/h2-5,16-21H,6-15H2,1H3,(H,28,33)(H2,27,29,31)/t16?,17?,18?,20-,21-,26?/m1/s1. The number of rotatable bonds is 4. The van der Waals surface area contributed by atoms with Crippen LogP contribution < -0.4 is 20.7 Å². The zero-order valence-electron chi connectivity index (χ0n) is 19.5. The van der Waals surface area contributed by atoms with Gasteiger partial charge in [-0.2, -0.15) is 0 Å². The van der Waals surface area contributed by atoms with Gasteiger partial charge in [-0.05, 0) is 106 Å². The van der Waals surface area contributed by atoms with Gasteiger partial charge >= 0.3 is 6.03 Å². The van der Waals surface area contributed by atoms with E-state index >= 15 is 0 Å². The first-order valence-corrected chi connectivity index (χ1v) is 13.2. The van der Waals surface area contributed by atoms with E-state index < -0.39 is 0 Å². The van der Waals surface area contributed by atoms with E-state index in [1.54, 1.807) is 7.11 Å². The van der Waals surface area contributed by atoms with E-state index in [1.807, 2.05) is 24.3 Å². The van der Waals surface area contributed by atoms with Crippen molar-refractivity contribution in [2.75, 3.05) is 12.4 Å². The summed E-state index contributed by atoms with van der Waals surface area (Å²) in [6, 6.07) is 8.93. The van der Waals surface area contributed by atoms with Crippen molar-refractivity contribution < 1.29 is 9.53 Å². The Balaban J connectivity index is 1.06. The molecule has 4 saturated carbocycles. The third-order valence-electron chi connectivity index (χ3n) is 9.07. The summed E-state index contributed by atoms with van der Waals surface area (Å²) in [5.41, 5.74) is 0.971. The van der Waals surface area contributed by atoms with E-state index in [4.69, 9.17) is 17.0 Å². The molecule has 0 unspecified atom stereocenters. The summed E-state index contributed by atoms with van der Waals surface area (Å²) in [6.07, 6.45) is 11.9. The fraction of sp³-hybridized carbons (Fsp3) is 0.692. The average Bonchev–Trinajstić information content (AvgIpc) is 3.03. The highest BCUT2D eigenvalue weighted by molar-refractivity contribution is 7.80. The Hall–Kier alpha value is -2.02. The SMILES string of the molecule is COc1ccccc1NC(=S)N1[C@@H]2CC[C@@H]1CC(NC(=O)NC13CC4CC(CC(C4)C1)C3)C2. The molecule has 0 aromatic heterocycles. The molecule has 7 rings (SSSR count). The van der Waals surface area contributed by atoms with Crippen LogP contribution in [0.15, 0.2) is 24.3 Å². The van der Waals surface area contributed by atoms with Crippen molar-refractivity contribution in [1.82, 2.24) is 15.5 Å². The maximum Gasteiger partial charge on any atom is 0.315 e. The van der Waals surface area contributed by atoms with Gasteiger partial charge in [-0.3, -0.25) is 0 Å². The second-order valence-corrected chi connectivity index (χ2v) is 11.8. The van der Waals surface area contributed by atoms with Crippen molar-refractivity contribution in [3.05, 3.63) is 24.3 Å². The molecule has 6 bridgehead atoms. The normalized spacial score (nSPS) is 38.2. The number of carbonyl (C=O) groups is 1. The Morgan fingerprint density at radius 3 is 2.21 bits per heavy atom. The van der Waals surface area contributed by atoms with Gasteiger partial charge in [0.2, 0.25) is 0 Å². The molecule has 4 aliphatic carbocycles. The Kier molecular flexibility index (Phi) is 5.43. The third-order valence-corrected chi connectivity index (χ3v) is 9.38. The highest BCUT2D eigenvalue weighted by Gasteiger charge is 2.52. The minimum atomic E-state index is 0.0597. The molecule has 6 aliphatic rings. The fourth-order valence-corrected chi connectivity index (χ4v) is 8.69. The summed E-state index contributed by atoms with van der Waals surface area (Å²) in [5, 5.41) is 11.0. The molecule has 2 heterocycles. The van der Waals surface area contributed by atoms with Gasteiger partial charge in [0.05, 0.1) is 12.8 Å². The number of thiocarbonyl (C=S) groups is 1. The van der Waals surface area contributed by atoms with Crippen LogP contribution in [0.2, 0.25) is 0 Å². The number of carbonyl (C=O) groups excluding carboxylic acids is 1. The summed E-state index contributed by atoms with van der Waals surface area (Å²) < 4.78 is 5.47. The number of methoxy groups -OCH3 is 1. The van der Waals surface area contributed by atoms with Gasteiger partial charge in [-0.15, -0.1) is 0 Å². The predicted octanol–water partition coefficient (Wildman–Crippen LogP) is 4.66. The molecular formula is C26H36N4O2S. The molecule has 2 amide bonds. The lowest BCUT2D eigenvalue weighted by molar-refractivity contribution is -0.0138. The number of benzene rings is 1. The molecule has 3 N–H and O–H groups in total. The van der Waals surface area contributed by atoms with Crippen LogP contribution in [0.25, 0.3) is 0 Å². The first-order valence-electron chi connectivity index (χ1n) is 12.8. The number of nitrogens with one attached hydrogen (secondary N) is 3. The van der Waals surface area contributed by atoms with Crippen molar-refractivity contribution in [2.24, 2.45) is 17.8 Å². The zero-order chi connectivity index (χ0) is 22.6. The number of hydrogen-bond donors (Lipinski definition) is 3. The molecule has 7 heteroatoms. The summed E-state index contributed by atoms with van der Waals surface area (Å²) in [7, 11) is 1.68. The molecule has 2 atom stereocenters. The highest BCUT2D eigenvalue weighted by Crippen LogP contribution is 2.55. The Morgan fingerprint density at radius 1 is 1.00 bits per heavy atom. The topological polar surface area (TPSA) is 65.6 Å². The molecule has 6 nitrogen and oxygen atoms in total. The number of nitrogens with zero attached hydrogens (tertiary/aromatic N) is 1. The van der Waals surface area contributed by atoms with E-state index in [1.165, 1.54) is 38.5 Å². The van der Waals surface area contributed by atoms with Crippen LogP contribution in [-0.4, -0.2) is 46.8 Å². The van der Waals surface area contributed by atoms with Crippen LogP contribution in [0.4, 0.5) is 10.5 Å². The lowest BCUT2D eigenvalue weighted by Crippen LogP contribution is -2.63. The monoisotopic (exact) mass is 468 g/mol. The first kappa shape index (κ1) is 21.5. The number of piperidine rings is 1. The molecule has 2 aliphatic heterocycles. The van der Waals surface area contributed by atoms with Gasteiger partial charge in [0.1, 0.15) is 5.75 Å². The predicted molar refractivity (Wildman–Crippen MR) is 133 cm³/mol. The van der Waals surface area contributed by atoms with Crippen LogP contribution in [0.1, 0.15) is 64.2 Å². The van der Waals surface area contributed by atoms with Gasteiger partial charge in [-0.1, -0.05) is 12.1 Å². The van der Waals surface area contributed by atoms with Crippen molar-refractivity contribution >= 4 is 29.0 Å². The molecule has 0 radical (unpaired) electrons. The maximum absolute atomic E-state index is 13.1. The van der Waals surface area contributed by atoms with Gasteiger partial charge in [0.15, 0.2) is 5.11 Å². The summed E-state index contributed by atoms with van der Waals surface area (Å²) >= 11 is 5.81. The van der Waals surface area contributed by atoms with Crippen molar-refractivity contribution in [1.29, 1.82) is 0 Å². The molecule has 0 spiro atoms. The van der Waals surface area contributed by atoms with Crippen LogP contribution in [-0.2, 0) is 0 Å². The van der Waals surface area contributed by atoms with Crippen molar-refractivity contribution in [3.8, 4) is 5.75 Å². The van der Waals surface area contributed by atoms with E-state index in [9.17, 15) is 4.79 Å². The molecule has 2 saturated heterocycles. The Labute approximate surface area is 202 Å². The van der Waals surface area contributed by atoms with Crippen LogP contribution in [0.5, 0.6) is 5.75 Å². The lowest BCUT2D eigenvalue weighted by Gasteiger charge is -2.56. The van der Waals surface area contributed by atoms with E-state index in [0.717, 1.165) is 60.0 Å². The van der Waals surface area contributed by atoms with Gasteiger partial charge in [-0.25, -0.2) is 4.79 Å². The maximum atomic E-state index is 13.1. The van der Waals surface area contributed by atoms with Crippen molar-refractivity contribution in [3.63, 3.8) is 0 Å². The minimum Gasteiger partial charge on any atom is -0.495 e. The second kappa shape index (κ2) is 8.33. The fourth-order valence-electron chi connectivity index (χ4n) is 8.28. The van der Waals surface area contributed by atoms with Crippen LogP contribution in [0, 0.1) is 17.8 Å². The number of urea groups is 1. The quantitative estimate of drug-likeness (QED) is 0.561. The molecule has 178 valence electrons. The summed E-state index contributed by atoms with van der Waals surface area (Å²) in [4.78, 5) is 15.4. The number of fused-ring (bicyclic) bond motifs is 2. The Bertz CT molecular complexity index is 887. The molecule has 1 aromatic rings. The number of para-hydroxylation sites is 2. The summed E-state index contributed by atoms with van der Waals surface area (Å²) in [6.45, 7) is 0. The first-order chi connectivity index (χ1) is 16.0. The average molecular weight is 469 g/mol.